The molecule has 3 aromatic rings. The van der Waals surface area contributed by atoms with Crippen LogP contribution in [-0.4, -0.2) is 48.7 Å². The molecule has 5 rings (SSSR count). The maximum atomic E-state index is 13.6. The highest BCUT2D eigenvalue weighted by Crippen LogP contribution is 2.38. The van der Waals surface area contributed by atoms with Crippen LogP contribution in [0.3, 0.4) is 0 Å². The van der Waals surface area contributed by atoms with Gasteiger partial charge in [-0.3, -0.25) is 19.4 Å². The standard InChI is InChI=1S/C25H26N6O3/c1-25(24(34)28-13-17-6-3-2-4-7-17)15-30-16-29-20(21(30)23(33)31(25)19-9-10-19)22(32)27-14-18-8-5-11-26-12-18/h2-8,11-12,16,19H,9-10,13-15H2,1H3,(H,27,32)(H,28,34)/t25-/m1/s1. The lowest BCUT2D eigenvalue weighted by Crippen LogP contribution is -2.64. The van der Waals surface area contributed by atoms with E-state index in [9.17, 15) is 14.4 Å². The van der Waals surface area contributed by atoms with Crippen LogP contribution in [0.15, 0.2) is 61.2 Å². The number of carbonyl (C=O) groups excluding carboxylic acids is 3. The number of imidazole rings is 1. The lowest BCUT2D eigenvalue weighted by atomic mass is 9.93. The third-order valence-electron chi connectivity index (χ3n) is 6.36. The summed E-state index contributed by atoms with van der Waals surface area (Å²) in [7, 11) is 0. The monoisotopic (exact) mass is 458 g/mol. The molecule has 3 heterocycles. The first-order valence-corrected chi connectivity index (χ1v) is 11.4. The molecule has 9 nitrogen and oxygen atoms in total. The van der Waals surface area contributed by atoms with Gasteiger partial charge in [0.15, 0.2) is 5.69 Å². The highest BCUT2D eigenvalue weighted by molar-refractivity contribution is 6.07. The first-order valence-electron chi connectivity index (χ1n) is 11.4. The Morgan fingerprint density at radius 1 is 1.06 bits per heavy atom. The van der Waals surface area contributed by atoms with Crippen molar-refractivity contribution in [3.8, 4) is 0 Å². The highest BCUT2D eigenvalue weighted by Gasteiger charge is 2.53. The van der Waals surface area contributed by atoms with Crippen molar-refractivity contribution in [3.05, 3.63) is 83.7 Å². The second kappa shape index (κ2) is 8.74. The number of benzene rings is 1. The number of hydrogen-bond acceptors (Lipinski definition) is 5. The van der Waals surface area contributed by atoms with Gasteiger partial charge in [-0.25, -0.2) is 4.98 Å². The predicted molar refractivity (Wildman–Crippen MR) is 124 cm³/mol. The average Bonchev–Trinajstić information content (AvgIpc) is 3.60. The van der Waals surface area contributed by atoms with E-state index in [1.807, 2.05) is 36.4 Å². The van der Waals surface area contributed by atoms with Gasteiger partial charge < -0.3 is 20.1 Å². The number of nitrogens with zero attached hydrogens (tertiary/aromatic N) is 4. The molecule has 2 aromatic heterocycles. The lowest BCUT2D eigenvalue weighted by Gasteiger charge is -2.44. The number of amides is 3. The van der Waals surface area contributed by atoms with Gasteiger partial charge in [0.2, 0.25) is 5.91 Å². The Hall–Kier alpha value is -4.01. The van der Waals surface area contributed by atoms with Crippen molar-refractivity contribution < 1.29 is 14.4 Å². The number of nitrogens with one attached hydrogen (secondary N) is 2. The number of fused-ring (bicyclic) bond motifs is 1. The fourth-order valence-electron chi connectivity index (χ4n) is 4.46. The van der Waals surface area contributed by atoms with E-state index in [0.717, 1.165) is 24.0 Å². The smallest absolute Gasteiger partial charge is 0.274 e. The summed E-state index contributed by atoms with van der Waals surface area (Å²) in [6, 6.07) is 13.3. The molecular weight excluding hydrogens is 432 g/mol. The van der Waals surface area contributed by atoms with Gasteiger partial charge >= 0.3 is 0 Å². The van der Waals surface area contributed by atoms with E-state index in [2.05, 4.69) is 20.6 Å². The van der Waals surface area contributed by atoms with E-state index in [1.165, 1.54) is 6.33 Å². The van der Waals surface area contributed by atoms with E-state index >= 15 is 0 Å². The third kappa shape index (κ3) is 4.05. The van der Waals surface area contributed by atoms with Crippen molar-refractivity contribution >= 4 is 17.7 Å². The molecule has 34 heavy (non-hydrogen) atoms. The second-order valence-corrected chi connectivity index (χ2v) is 8.96. The van der Waals surface area contributed by atoms with Gasteiger partial charge in [-0.15, -0.1) is 0 Å². The van der Waals surface area contributed by atoms with Gasteiger partial charge in [0.05, 0.1) is 12.9 Å². The summed E-state index contributed by atoms with van der Waals surface area (Å²) in [6.45, 7) is 2.67. The van der Waals surface area contributed by atoms with E-state index in [1.54, 1.807) is 34.9 Å². The molecule has 0 spiro atoms. The largest absolute Gasteiger partial charge is 0.350 e. The van der Waals surface area contributed by atoms with Crippen LogP contribution in [0.25, 0.3) is 0 Å². The van der Waals surface area contributed by atoms with Crippen LogP contribution in [0.1, 0.15) is 51.9 Å². The molecule has 1 saturated carbocycles. The highest BCUT2D eigenvalue weighted by atomic mass is 16.2. The van der Waals surface area contributed by atoms with Crippen molar-refractivity contribution in [2.45, 2.75) is 51.0 Å². The molecule has 0 radical (unpaired) electrons. The molecule has 2 aliphatic rings. The summed E-state index contributed by atoms with van der Waals surface area (Å²) >= 11 is 0. The quantitative estimate of drug-likeness (QED) is 0.562. The van der Waals surface area contributed by atoms with Crippen LogP contribution in [-0.2, 0) is 24.4 Å². The number of rotatable bonds is 7. The van der Waals surface area contributed by atoms with E-state index in [-0.39, 0.29) is 42.3 Å². The van der Waals surface area contributed by atoms with Crippen molar-refractivity contribution in [3.63, 3.8) is 0 Å². The molecule has 1 fully saturated rings. The SMILES string of the molecule is C[C@]1(C(=O)NCc2ccccc2)Cn2cnc(C(=O)NCc3cccnc3)c2C(=O)N1C1CC1. The normalized spacial score (nSPS) is 19.4. The minimum Gasteiger partial charge on any atom is -0.350 e. The molecule has 2 N–H and O–H groups in total. The molecule has 9 heteroatoms. The zero-order chi connectivity index (χ0) is 23.7. The van der Waals surface area contributed by atoms with Crippen LogP contribution in [0.5, 0.6) is 0 Å². The number of carbonyl (C=O) groups is 3. The Labute approximate surface area is 197 Å². The minimum atomic E-state index is -1.08. The van der Waals surface area contributed by atoms with E-state index in [4.69, 9.17) is 0 Å². The Morgan fingerprint density at radius 2 is 1.79 bits per heavy atom. The van der Waals surface area contributed by atoms with Gasteiger partial charge in [0.25, 0.3) is 11.8 Å². The summed E-state index contributed by atoms with van der Waals surface area (Å²) < 4.78 is 1.63. The van der Waals surface area contributed by atoms with Crippen LogP contribution in [0.2, 0.25) is 0 Å². The number of aromatic nitrogens is 3. The maximum absolute atomic E-state index is 13.6. The van der Waals surface area contributed by atoms with Gasteiger partial charge in [-0.05, 0) is 37.0 Å². The van der Waals surface area contributed by atoms with Crippen molar-refractivity contribution in [2.24, 2.45) is 0 Å². The molecule has 1 atom stereocenters. The first kappa shape index (κ1) is 21.8. The number of pyridine rings is 1. The molecule has 3 amide bonds. The lowest BCUT2D eigenvalue weighted by molar-refractivity contribution is -0.133. The summed E-state index contributed by atoms with van der Waals surface area (Å²) in [5, 5.41) is 5.80. The summed E-state index contributed by atoms with van der Waals surface area (Å²) in [5.41, 5.74) is 1.05. The summed E-state index contributed by atoms with van der Waals surface area (Å²) in [5.74, 6) is -0.993. The van der Waals surface area contributed by atoms with Gasteiger partial charge in [-0.2, -0.15) is 0 Å². The van der Waals surface area contributed by atoms with Crippen LogP contribution in [0.4, 0.5) is 0 Å². The Balaban J connectivity index is 1.37. The summed E-state index contributed by atoms with van der Waals surface area (Å²) in [6.07, 6.45) is 6.48. The van der Waals surface area contributed by atoms with Gasteiger partial charge in [0, 0.05) is 31.5 Å². The zero-order valence-electron chi connectivity index (χ0n) is 18.9. The zero-order valence-corrected chi connectivity index (χ0v) is 18.9. The Bertz CT molecular complexity index is 1220. The predicted octanol–water partition coefficient (Wildman–Crippen LogP) is 1.90. The second-order valence-electron chi connectivity index (χ2n) is 8.96. The minimum absolute atomic E-state index is 0.0186. The molecule has 1 aliphatic heterocycles. The Kier molecular flexibility index (Phi) is 5.61. The molecule has 174 valence electrons. The number of hydrogen-bond donors (Lipinski definition) is 2. The third-order valence-corrected chi connectivity index (χ3v) is 6.36. The van der Waals surface area contributed by atoms with Crippen LogP contribution < -0.4 is 10.6 Å². The van der Waals surface area contributed by atoms with Crippen LogP contribution >= 0.6 is 0 Å². The maximum Gasteiger partial charge on any atom is 0.274 e. The fourth-order valence-corrected chi connectivity index (χ4v) is 4.46. The topological polar surface area (TPSA) is 109 Å². The molecular formula is C25H26N6O3. The first-order chi connectivity index (χ1) is 16.5. The Morgan fingerprint density at radius 3 is 2.50 bits per heavy atom. The van der Waals surface area contributed by atoms with E-state index in [0.29, 0.717) is 6.54 Å². The molecule has 1 aliphatic carbocycles. The van der Waals surface area contributed by atoms with Gasteiger partial charge in [-0.1, -0.05) is 36.4 Å². The van der Waals surface area contributed by atoms with Crippen molar-refractivity contribution in [1.82, 2.24) is 30.1 Å². The van der Waals surface area contributed by atoms with Crippen molar-refractivity contribution in [2.75, 3.05) is 0 Å². The van der Waals surface area contributed by atoms with Crippen molar-refractivity contribution in [1.29, 1.82) is 0 Å². The van der Waals surface area contributed by atoms with E-state index < -0.39 is 11.4 Å². The fraction of sp³-hybridized carbons (Fsp3) is 0.320. The molecule has 1 aromatic carbocycles. The molecule has 0 bridgehead atoms. The van der Waals surface area contributed by atoms with Gasteiger partial charge in [0.1, 0.15) is 11.2 Å². The summed E-state index contributed by atoms with van der Waals surface area (Å²) in [4.78, 5) is 49.8. The average molecular weight is 459 g/mol. The van der Waals surface area contributed by atoms with Crippen LogP contribution in [0, 0.1) is 0 Å². The molecule has 0 unspecified atom stereocenters. The molecule has 0 saturated heterocycles.